The largest absolute Gasteiger partial charge is 0.337 e. The Kier molecular flexibility index (Phi) is 5.49. The number of urea groups is 1. The van der Waals surface area contributed by atoms with E-state index in [-0.39, 0.29) is 10.6 Å². The van der Waals surface area contributed by atoms with Crippen molar-refractivity contribution in [2.24, 2.45) is 0 Å². The molecular weight excluding hydrogens is 349 g/mol. The summed E-state index contributed by atoms with van der Waals surface area (Å²) in [6.07, 6.45) is 0. The average molecular weight is 359 g/mol. The van der Waals surface area contributed by atoms with Gasteiger partial charge in [-0.1, -0.05) is 46.9 Å². The number of anilines is 1. The van der Waals surface area contributed by atoms with E-state index >= 15 is 0 Å². The first-order valence-electron chi connectivity index (χ1n) is 6.04. The Morgan fingerprint density at radius 1 is 0.818 bits per heavy atom. The van der Waals surface area contributed by atoms with Gasteiger partial charge in [0.15, 0.2) is 0 Å². The Bertz CT molecular complexity index is 722. The maximum absolute atomic E-state index is 11.8. The lowest BCUT2D eigenvalue weighted by molar-refractivity contribution is 0.0938. The number of hydrogen-bond acceptors (Lipinski definition) is 2. The quantitative estimate of drug-likeness (QED) is 0.707. The monoisotopic (exact) mass is 357 g/mol. The van der Waals surface area contributed by atoms with E-state index in [2.05, 4.69) is 16.2 Å². The van der Waals surface area contributed by atoms with Gasteiger partial charge in [-0.25, -0.2) is 10.2 Å². The summed E-state index contributed by atoms with van der Waals surface area (Å²) >= 11 is 17.5. The van der Waals surface area contributed by atoms with Gasteiger partial charge in [0.25, 0.3) is 5.91 Å². The Hall–Kier alpha value is -1.95. The summed E-state index contributed by atoms with van der Waals surface area (Å²) < 4.78 is 0. The van der Waals surface area contributed by atoms with Crippen LogP contribution in [-0.4, -0.2) is 11.9 Å². The molecule has 3 N–H and O–H groups in total. The highest BCUT2D eigenvalue weighted by Gasteiger charge is 2.10. The van der Waals surface area contributed by atoms with E-state index < -0.39 is 11.9 Å². The van der Waals surface area contributed by atoms with Crippen LogP contribution in [0.3, 0.4) is 0 Å². The van der Waals surface area contributed by atoms with Gasteiger partial charge in [-0.3, -0.25) is 10.2 Å². The van der Waals surface area contributed by atoms with Crippen molar-refractivity contribution >= 4 is 52.4 Å². The molecule has 114 valence electrons. The zero-order valence-electron chi connectivity index (χ0n) is 11.0. The van der Waals surface area contributed by atoms with Gasteiger partial charge in [-0.2, -0.15) is 0 Å². The van der Waals surface area contributed by atoms with Gasteiger partial charge in [0, 0.05) is 5.69 Å². The lowest BCUT2D eigenvalue weighted by atomic mass is 10.2. The third-order valence-corrected chi connectivity index (χ3v) is 3.65. The van der Waals surface area contributed by atoms with Crippen LogP contribution in [-0.2, 0) is 0 Å². The number of halogens is 3. The number of rotatable bonds is 2. The molecule has 0 aliphatic heterocycles. The van der Waals surface area contributed by atoms with Gasteiger partial charge in [0.1, 0.15) is 0 Å². The van der Waals surface area contributed by atoms with Crippen LogP contribution in [0, 0.1) is 0 Å². The van der Waals surface area contributed by atoms with Crippen molar-refractivity contribution in [1.29, 1.82) is 0 Å². The van der Waals surface area contributed by atoms with E-state index in [0.29, 0.717) is 15.7 Å². The Morgan fingerprint density at radius 3 is 2.23 bits per heavy atom. The average Bonchev–Trinajstić information content (AvgIpc) is 2.49. The molecule has 0 heterocycles. The highest BCUT2D eigenvalue weighted by atomic mass is 35.5. The summed E-state index contributed by atoms with van der Waals surface area (Å²) in [6, 6.07) is 10.4. The van der Waals surface area contributed by atoms with Crippen molar-refractivity contribution in [2.75, 3.05) is 5.32 Å². The first-order chi connectivity index (χ1) is 10.5. The van der Waals surface area contributed by atoms with Crippen molar-refractivity contribution < 1.29 is 9.59 Å². The zero-order chi connectivity index (χ0) is 16.1. The van der Waals surface area contributed by atoms with E-state index in [1.54, 1.807) is 30.3 Å². The number of amides is 3. The third-order valence-electron chi connectivity index (χ3n) is 2.59. The second kappa shape index (κ2) is 7.35. The number of nitrogens with one attached hydrogen (secondary N) is 3. The van der Waals surface area contributed by atoms with E-state index in [1.165, 1.54) is 12.1 Å². The molecule has 0 atom stereocenters. The van der Waals surface area contributed by atoms with Crippen LogP contribution in [0.4, 0.5) is 10.5 Å². The standard InChI is InChI=1S/C14H10Cl3N3O2/c15-10-4-2-1-3-9(10)13(21)19-20-14(22)18-8-5-6-11(16)12(17)7-8/h1-7H,(H,19,21)(H2,18,20,22). The predicted molar refractivity (Wildman–Crippen MR) is 87.5 cm³/mol. The van der Waals surface area contributed by atoms with Crippen LogP contribution in [0.2, 0.25) is 15.1 Å². The summed E-state index contributed by atoms with van der Waals surface area (Å²) in [6.45, 7) is 0. The molecule has 0 saturated heterocycles. The number of hydrazine groups is 1. The first kappa shape index (κ1) is 16.4. The number of benzene rings is 2. The van der Waals surface area contributed by atoms with Crippen molar-refractivity contribution in [3.8, 4) is 0 Å². The minimum Gasteiger partial charge on any atom is -0.307 e. The summed E-state index contributed by atoms with van der Waals surface area (Å²) in [7, 11) is 0. The zero-order valence-corrected chi connectivity index (χ0v) is 13.3. The van der Waals surface area contributed by atoms with E-state index in [9.17, 15) is 9.59 Å². The highest BCUT2D eigenvalue weighted by molar-refractivity contribution is 6.42. The Morgan fingerprint density at radius 2 is 1.55 bits per heavy atom. The van der Waals surface area contributed by atoms with Gasteiger partial charge in [0.05, 0.1) is 20.6 Å². The molecular formula is C14H10Cl3N3O2. The highest BCUT2D eigenvalue weighted by Crippen LogP contribution is 2.24. The summed E-state index contributed by atoms with van der Waals surface area (Å²) in [5.74, 6) is -0.533. The normalized spacial score (nSPS) is 9.95. The number of carbonyl (C=O) groups excluding carboxylic acids is 2. The van der Waals surface area contributed by atoms with Crippen molar-refractivity contribution in [3.63, 3.8) is 0 Å². The molecule has 2 aromatic carbocycles. The molecule has 0 aromatic heterocycles. The van der Waals surface area contributed by atoms with Crippen LogP contribution in [0.15, 0.2) is 42.5 Å². The molecule has 0 saturated carbocycles. The fraction of sp³-hybridized carbons (Fsp3) is 0. The second-order valence-electron chi connectivity index (χ2n) is 4.14. The lowest BCUT2D eigenvalue weighted by Crippen LogP contribution is -2.44. The lowest BCUT2D eigenvalue weighted by Gasteiger charge is -2.10. The molecule has 0 spiro atoms. The van der Waals surface area contributed by atoms with Crippen molar-refractivity contribution in [2.45, 2.75) is 0 Å². The molecule has 0 bridgehead atoms. The molecule has 5 nitrogen and oxygen atoms in total. The molecule has 0 aliphatic rings. The van der Waals surface area contributed by atoms with Gasteiger partial charge < -0.3 is 5.32 Å². The maximum Gasteiger partial charge on any atom is 0.337 e. The van der Waals surface area contributed by atoms with Crippen LogP contribution >= 0.6 is 34.8 Å². The first-order valence-corrected chi connectivity index (χ1v) is 7.17. The molecule has 8 heteroatoms. The molecule has 2 aromatic rings. The van der Waals surface area contributed by atoms with Gasteiger partial charge in [-0.05, 0) is 30.3 Å². The SMILES string of the molecule is O=C(NNC(=O)c1ccccc1Cl)Nc1ccc(Cl)c(Cl)c1. The number of carbonyl (C=O) groups is 2. The van der Waals surface area contributed by atoms with Crippen LogP contribution in [0.5, 0.6) is 0 Å². The van der Waals surface area contributed by atoms with Crippen molar-refractivity contribution in [3.05, 3.63) is 63.1 Å². The minimum atomic E-state index is -0.640. The molecule has 0 unspecified atom stereocenters. The fourth-order valence-corrected chi connectivity index (χ4v) is 2.08. The molecule has 2 rings (SSSR count). The van der Waals surface area contributed by atoms with E-state index in [4.69, 9.17) is 34.8 Å². The Labute approximate surface area is 141 Å². The van der Waals surface area contributed by atoms with Crippen LogP contribution < -0.4 is 16.2 Å². The van der Waals surface area contributed by atoms with Crippen LogP contribution in [0.25, 0.3) is 0 Å². The van der Waals surface area contributed by atoms with Gasteiger partial charge in [-0.15, -0.1) is 0 Å². The molecule has 0 radical (unpaired) electrons. The Balaban J connectivity index is 1.91. The summed E-state index contributed by atoms with van der Waals surface area (Å²) in [5.41, 5.74) is 5.13. The van der Waals surface area contributed by atoms with Gasteiger partial charge in [0.2, 0.25) is 0 Å². The molecule has 22 heavy (non-hydrogen) atoms. The fourth-order valence-electron chi connectivity index (χ4n) is 1.56. The van der Waals surface area contributed by atoms with Crippen LogP contribution in [0.1, 0.15) is 10.4 Å². The smallest absolute Gasteiger partial charge is 0.307 e. The number of hydrogen-bond donors (Lipinski definition) is 3. The van der Waals surface area contributed by atoms with E-state index in [0.717, 1.165) is 0 Å². The topological polar surface area (TPSA) is 70.2 Å². The second-order valence-corrected chi connectivity index (χ2v) is 5.36. The predicted octanol–water partition coefficient (Wildman–Crippen LogP) is 4.11. The van der Waals surface area contributed by atoms with Gasteiger partial charge >= 0.3 is 6.03 Å². The van der Waals surface area contributed by atoms with E-state index in [1.807, 2.05) is 0 Å². The summed E-state index contributed by atoms with van der Waals surface area (Å²) in [5, 5.41) is 3.45. The maximum atomic E-state index is 11.8. The molecule has 0 fully saturated rings. The third kappa shape index (κ3) is 4.27. The van der Waals surface area contributed by atoms with Crippen molar-refractivity contribution in [1.82, 2.24) is 10.9 Å². The molecule has 0 aliphatic carbocycles. The minimum absolute atomic E-state index is 0.249. The summed E-state index contributed by atoms with van der Waals surface area (Å²) in [4.78, 5) is 23.5. The molecule has 3 amide bonds.